The van der Waals surface area contributed by atoms with Gasteiger partial charge in [-0.1, -0.05) is 28.1 Å². The predicted octanol–water partition coefficient (Wildman–Crippen LogP) is 2.64. The molecule has 4 rings (SSSR count). The van der Waals surface area contributed by atoms with E-state index in [0.29, 0.717) is 18.8 Å². The van der Waals surface area contributed by atoms with E-state index in [1.807, 2.05) is 42.6 Å². The largest absolute Gasteiger partial charge is 0.308 e. The van der Waals surface area contributed by atoms with E-state index in [1.54, 1.807) is 23.1 Å². The van der Waals surface area contributed by atoms with Crippen molar-refractivity contribution in [2.75, 3.05) is 5.32 Å². The molecule has 138 valence electrons. The average Bonchev–Trinajstić information content (AvgIpc) is 3.33. The van der Waals surface area contributed by atoms with E-state index in [-0.39, 0.29) is 18.0 Å². The van der Waals surface area contributed by atoms with E-state index in [4.69, 9.17) is 0 Å². The Labute approximate surface area is 165 Å². The van der Waals surface area contributed by atoms with E-state index in [9.17, 15) is 4.79 Å². The second kappa shape index (κ2) is 7.99. The third kappa shape index (κ3) is 4.41. The lowest BCUT2D eigenvalue weighted by atomic mass is 10.0. The average molecular weight is 427 g/mol. The van der Waals surface area contributed by atoms with Crippen LogP contribution in [-0.2, 0) is 11.3 Å². The van der Waals surface area contributed by atoms with Gasteiger partial charge in [-0.2, -0.15) is 5.10 Å². The van der Waals surface area contributed by atoms with E-state index >= 15 is 0 Å². The van der Waals surface area contributed by atoms with Gasteiger partial charge in [-0.25, -0.2) is 10.9 Å². The second-order valence-corrected chi connectivity index (χ2v) is 7.34. The number of aromatic nitrogens is 3. The van der Waals surface area contributed by atoms with Crippen LogP contribution in [0.2, 0.25) is 0 Å². The van der Waals surface area contributed by atoms with Crippen LogP contribution < -0.4 is 16.2 Å². The first kappa shape index (κ1) is 17.8. The van der Waals surface area contributed by atoms with Crippen molar-refractivity contribution in [3.63, 3.8) is 0 Å². The lowest BCUT2D eigenvalue weighted by Gasteiger charge is -2.10. The molecule has 3 N–H and O–H groups in total. The smallest absolute Gasteiger partial charge is 0.244 e. The molecule has 27 heavy (non-hydrogen) atoms. The van der Waals surface area contributed by atoms with Crippen LogP contribution in [0.5, 0.6) is 0 Å². The maximum absolute atomic E-state index is 12.5. The van der Waals surface area contributed by atoms with Gasteiger partial charge in [0, 0.05) is 35.2 Å². The Hall–Kier alpha value is -2.55. The standard InChI is InChI=1S/C19H19BrN6O/c20-15-3-1-14(2-4-15)16-11-17(24-23-16)19(27)22-18-7-10-26(25-18)12-13-5-8-21-9-6-13/h1-10,16-17,23-24H,11-12H2,(H,22,25,27). The van der Waals surface area contributed by atoms with E-state index in [0.717, 1.165) is 15.6 Å². The first-order valence-electron chi connectivity index (χ1n) is 8.67. The highest BCUT2D eigenvalue weighted by atomic mass is 79.9. The highest BCUT2D eigenvalue weighted by Gasteiger charge is 2.30. The maximum atomic E-state index is 12.5. The molecule has 1 amide bonds. The van der Waals surface area contributed by atoms with Crippen molar-refractivity contribution < 1.29 is 4.79 Å². The summed E-state index contributed by atoms with van der Waals surface area (Å²) in [7, 11) is 0. The number of halogens is 1. The van der Waals surface area contributed by atoms with Gasteiger partial charge in [0.1, 0.15) is 6.04 Å². The topological polar surface area (TPSA) is 83.9 Å². The number of carbonyl (C=O) groups is 1. The number of hydrogen-bond donors (Lipinski definition) is 3. The van der Waals surface area contributed by atoms with Crippen LogP contribution in [-0.4, -0.2) is 26.7 Å². The van der Waals surface area contributed by atoms with Crippen molar-refractivity contribution in [3.8, 4) is 0 Å². The van der Waals surface area contributed by atoms with Crippen molar-refractivity contribution in [2.24, 2.45) is 0 Å². The third-order valence-corrected chi connectivity index (χ3v) is 5.01. The van der Waals surface area contributed by atoms with Gasteiger partial charge < -0.3 is 5.32 Å². The quantitative estimate of drug-likeness (QED) is 0.583. The fourth-order valence-electron chi connectivity index (χ4n) is 3.05. The summed E-state index contributed by atoms with van der Waals surface area (Å²) < 4.78 is 2.82. The summed E-state index contributed by atoms with van der Waals surface area (Å²) >= 11 is 3.44. The minimum absolute atomic E-state index is 0.0955. The second-order valence-electron chi connectivity index (χ2n) is 6.42. The molecule has 8 heteroatoms. The number of rotatable bonds is 5. The number of nitrogens with one attached hydrogen (secondary N) is 3. The molecule has 1 aliphatic heterocycles. The van der Waals surface area contributed by atoms with Gasteiger partial charge >= 0.3 is 0 Å². The Kier molecular flexibility index (Phi) is 5.28. The maximum Gasteiger partial charge on any atom is 0.244 e. The molecule has 0 spiro atoms. The fraction of sp³-hybridized carbons (Fsp3) is 0.211. The van der Waals surface area contributed by atoms with E-state index < -0.39 is 0 Å². The predicted molar refractivity (Wildman–Crippen MR) is 106 cm³/mol. The Morgan fingerprint density at radius 2 is 1.93 bits per heavy atom. The molecule has 1 saturated heterocycles. The molecule has 0 aliphatic carbocycles. The Bertz CT molecular complexity index is 911. The van der Waals surface area contributed by atoms with Crippen LogP contribution in [0.15, 0.2) is 65.5 Å². The molecule has 2 unspecified atom stereocenters. The first-order chi connectivity index (χ1) is 13.2. The number of amides is 1. The fourth-order valence-corrected chi connectivity index (χ4v) is 3.31. The number of hydrogen-bond acceptors (Lipinski definition) is 5. The molecule has 1 aliphatic rings. The van der Waals surface area contributed by atoms with E-state index in [2.05, 4.69) is 42.2 Å². The zero-order valence-electron chi connectivity index (χ0n) is 14.5. The van der Waals surface area contributed by atoms with Crippen LogP contribution in [0.1, 0.15) is 23.6 Å². The van der Waals surface area contributed by atoms with Gasteiger partial charge in [0.15, 0.2) is 5.82 Å². The van der Waals surface area contributed by atoms with Crippen molar-refractivity contribution in [2.45, 2.75) is 25.0 Å². The Balaban J connectivity index is 1.34. The summed E-state index contributed by atoms with van der Waals surface area (Å²) in [4.78, 5) is 16.5. The normalized spacial score (nSPS) is 19.1. The summed E-state index contributed by atoms with van der Waals surface area (Å²) in [5.41, 5.74) is 8.50. The molecule has 1 aromatic carbocycles. The van der Waals surface area contributed by atoms with Gasteiger partial charge in [-0.3, -0.25) is 14.5 Å². The molecule has 0 bridgehead atoms. The van der Waals surface area contributed by atoms with Gasteiger partial charge in [0.25, 0.3) is 0 Å². The van der Waals surface area contributed by atoms with Crippen molar-refractivity contribution in [1.29, 1.82) is 0 Å². The zero-order chi connectivity index (χ0) is 18.6. The summed E-state index contributed by atoms with van der Waals surface area (Å²) in [5, 5.41) is 7.29. The van der Waals surface area contributed by atoms with Gasteiger partial charge in [0.05, 0.1) is 6.54 Å². The number of hydrazine groups is 1. The molecule has 1 fully saturated rings. The monoisotopic (exact) mass is 426 g/mol. The van der Waals surface area contributed by atoms with Crippen molar-refractivity contribution in [1.82, 2.24) is 25.6 Å². The third-order valence-electron chi connectivity index (χ3n) is 4.48. The molecule has 7 nitrogen and oxygen atoms in total. The Morgan fingerprint density at radius 3 is 2.70 bits per heavy atom. The van der Waals surface area contributed by atoms with Gasteiger partial charge in [-0.05, 0) is 41.8 Å². The number of carbonyl (C=O) groups excluding carboxylic acids is 1. The molecule has 3 aromatic rings. The highest BCUT2D eigenvalue weighted by molar-refractivity contribution is 9.10. The zero-order valence-corrected chi connectivity index (χ0v) is 16.1. The molecular formula is C19H19BrN6O. The molecule has 3 heterocycles. The SMILES string of the molecule is O=C(Nc1ccn(Cc2ccncc2)n1)C1CC(c2ccc(Br)cc2)NN1. The molecule has 0 radical (unpaired) electrons. The summed E-state index contributed by atoms with van der Waals surface area (Å²) in [6.45, 7) is 0.632. The molecular weight excluding hydrogens is 408 g/mol. The highest BCUT2D eigenvalue weighted by Crippen LogP contribution is 2.24. The molecule has 2 atom stereocenters. The summed E-state index contributed by atoms with van der Waals surface area (Å²) in [6.07, 6.45) is 6.02. The minimum atomic E-state index is -0.316. The molecule has 0 saturated carbocycles. The number of benzene rings is 1. The van der Waals surface area contributed by atoms with Gasteiger partial charge in [-0.15, -0.1) is 0 Å². The van der Waals surface area contributed by atoms with Crippen molar-refractivity contribution >= 4 is 27.7 Å². The van der Waals surface area contributed by atoms with Crippen LogP contribution in [0.25, 0.3) is 0 Å². The summed E-state index contributed by atoms with van der Waals surface area (Å²) in [6, 6.07) is 13.6. The van der Waals surface area contributed by atoms with Crippen LogP contribution in [0, 0.1) is 0 Å². The lowest BCUT2D eigenvalue weighted by molar-refractivity contribution is -0.117. The minimum Gasteiger partial charge on any atom is -0.308 e. The van der Waals surface area contributed by atoms with Gasteiger partial charge in [0.2, 0.25) is 5.91 Å². The number of pyridine rings is 1. The Morgan fingerprint density at radius 1 is 1.15 bits per heavy atom. The lowest BCUT2D eigenvalue weighted by Crippen LogP contribution is -2.39. The van der Waals surface area contributed by atoms with Crippen LogP contribution in [0.4, 0.5) is 5.82 Å². The summed E-state index contributed by atoms with van der Waals surface area (Å²) in [5.74, 6) is 0.444. The van der Waals surface area contributed by atoms with E-state index in [1.165, 1.54) is 0 Å². The number of nitrogens with zero attached hydrogens (tertiary/aromatic N) is 3. The number of anilines is 1. The van der Waals surface area contributed by atoms with Crippen LogP contribution >= 0.6 is 15.9 Å². The van der Waals surface area contributed by atoms with Crippen molar-refractivity contribution in [3.05, 3.63) is 76.7 Å². The molecule has 2 aromatic heterocycles. The first-order valence-corrected chi connectivity index (χ1v) is 9.46. The van der Waals surface area contributed by atoms with Crippen LogP contribution in [0.3, 0.4) is 0 Å².